The van der Waals surface area contributed by atoms with Crippen molar-refractivity contribution in [3.05, 3.63) is 134 Å². The van der Waals surface area contributed by atoms with Gasteiger partial charge in [0.05, 0.1) is 0 Å². The highest BCUT2D eigenvalue weighted by Gasteiger charge is 2.19. The van der Waals surface area contributed by atoms with Crippen LogP contribution in [-0.4, -0.2) is 37.2 Å². The summed E-state index contributed by atoms with van der Waals surface area (Å²) in [5.41, 5.74) is 0. The van der Waals surface area contributed by atoms with Crippen molar-refractivity contribution in [2.45, 2.75) is 232 Å². The van der Waals surface area contributed by atoms with E-state index in [4.69, 9.17) is 14.2 Å². The van der Waals surface area contributed by atoms with Gasteiger partial charge in [-0.3, -0.25) is 14.4 Å². The highest BCUT2D eigenvalue weighted by atomic mass is 16.6. The fourth-order valence-corrected chi connectivity index (χ4v) is 7.04. The van der Waals surface area contributed by atoms with E-state index in [9.17, 15) is 14.4 Å². The lowest BCUT2D eigenvalue weighted by molar-refractivity contribution is -0.166. The average molecular weight is 953 g/mol. The summed E-state index contributed by atoms with van der Waals surface area (Å²) >= 11 is 0. The number of rotatable bonds is 48. The van der Waals surface area contributed by atoms with Crippen LogP contribution < -0.4 is 0 Å². The number of hydrogen-bond donors (Lipinski definition) is 0. The summed E-state index contributed by atoms with van der Waals surface area (Å²) < 4.78 is 16.7. The summed E-state index contributed by atoms with van der Waals surface area (Å²) in [5.74, 6) is -1.05. The van der Waals surface area contributed by atoms with Crippen molar-refractivity contribution in [2.24, 2.45) is 0 Å². The van der Waals surface area contributed by atoms with Crippen molar-refractivity contribution >= 4 is 17.9 Å². The lowest BCUT2D eigenvalue weighted by Crippen LogP contribution is -2.30. The first-order valence-electron chi connectivity index (χ1n) is 27.7. The van der Waals surface area contributed by atoms with Gasteiger partial charge >= 0.3 is 17.9 Å². The van der Waals surface area contributed by atoms with Gasteiger partial charge in [0.15, 0.2) is 6.10 Å². The third-order valence-electron chi connectivity index (χ3n) is 11.1. The van der Waals surface area contributed by atoms with Gasteiger partial charge in [-0.2, -0.15) is 0 Å². The minimum Gasteiger partial charge on any atom is -0.462 e. The molecule has 69 heavy (non-hydrogen) atoms. The fourth-order valence-electron chi connectivity index (χ4n) is 7.04. The molecule has 0 heterocycles. The number of carbonyl (C=O) groups is 3. The summed E-state index contributed by atoms with van der Waals surface area (Å²) in [5, 5.41) is 0. The molecule has 0 bridgehead atoms. The van der Waals surface area contributed by atoms with Gasteiger partial charge in [-0.15, -0.1) is 0 Å². The van der Waals surface area contributed by atoms with E-state index in [-0.39, 0.29) is 37.5 Å². The second-order valence-corrected chi connectivity index (χ2v) is 17.7. The maximum Gasteiger partial charge on any atom is 0.306 e. The van der Waals surface area contributed by atoms with E-state index in [0.29, 0.717) is 19.3 Å². The lowest BCUT2D eigenvalue weighted by atomic mass is 10.1. The monoisotopic (exact) mass is 953 g/mol. The molecule has 0 aromatic heterocycles. The molecule has 0 aromatic carbocycles. The summed E-state index contributed by atoms with van der Waals surface area (Å²) in [6.45, 7) is 6.28. The molecule has 0 amide bonds. The molecule has 6 nitrogen and oxygen atoms in total. The van der Waals surface area contributed by atoms with E-state index >= 15 is 0 Å². The summed E-state index contributed by atoms with van der Waals surface area (Å²) in [6, 6.07) is 0. The van der Waals surface area contributed by atoms with E-state index in [1.807, 2.05) is 12.2 Å². The number of hydrogen-bond acceptors (Lipinski definition) is 6. The smallest absolute Gasteiger partial charge is 0.306 e. The number of unbranched alkanes of at least 4 members (excludes halogenated alkanes) is 15. The van der Waals surface area contributed by atoms with Crippen LogP contribution in [0.5, 0.6) is 0 Å². The largest absolute Gasteiger partial charge is 0.462 e. The quantitative estimate of drug-likeness (QED) is 0.0262. The second-order valence-electron chi connectivity index (χ2n) is 17.7. The van der Waals surface area contributed by atoms with Gasteiger partial charge in [-0.1, -0.05) is 219 Å². The Morgan fingerprint density at radius 2 is 0.594 bits per heavy atom. The van der Waals surface area contributed by atoms with Crippen LogP contribution >= 0.6 is 0 Å². The molecule has 0 saturated heterocycles. The van der Waals surface area contributed by atoms with Crippen LogP contribution in [0.4, 0.5) is 0 Å². The molecule has 0 aliphatic rings. The zero-order valence-electron chi connectivity index (χ0n) is 44.3. The number of carbonyl (C=O) groups excluding carboxylic acids is 3. The fraction of sp³-hybridized carbons (Fsp3) is 0.603. The van der Waals surface area contributed by atoms with Crippen LogP contribution in [0.1, 0.15) is 226 Å². The average Bonchev–Trinajstić information content (AvgIpc) is 3.35. The lowest BCUT2D eigenvalue weighted by Gasteiger charge is -2.18. The molecule has 0 aliphatic carbocycles. The van der Waals surface area contributed by atoms with Gasteiger partial charge in [0.1, 0.15) is 13.2 Å². The first kappa shape index (κ1) is 64.5. The highest BCUT2D eigenvalue weighted by Crippen LogP contribution is 2.13. The third kappa shape index (κ3) is 54.4. The van der Waals surface area contributed by atoms with Gasteiger partial charge in [0.25, 0.3) is 0 Å². The van der Waals surface area contributed by atoms with Gasteiger partial charge in [0, 0.05) is 19.3 Å². The molecule has 0 aromatic rings. The van der Waals surface area contributed by atoms with E-state index in [0.717, 1.165) is 109 Å². The van der Waals surface area contributed by atoms with Gasteiger partial charge in [-0.25, -0.2) is 0 Å². The van der Waals surface area contributed by atoms with Crippen LogP contribution in [0.2, 0.25) is 0 Å². The highest BCUT2D eigenvalue weighted by molar-refractivity contribution is 5.71. The second kappa shape index (κ2) is 56.1. The van der Waals surface area contributed by atoms with Crippen LogP contribution in [-0.2, 0) is 28.6 Å². The predicted molar refractivity (Wildman–Crippen MR) is 297 cm³/mol. The van der Waals surface area contributed by atoms with Gasteiger partial charge in [0.2, 0.25) is 0 Å². The van der Waals surface area contributed by atoms with Crippen molar-refractivity contribution in [1.82, 2.24) is 0 Å². The molecule has 0 rings (SSSR count). The molecule has 0 N–H and O–H groups in total. The molecule has 0 fully saturated rings. The molecular formula is C63H100O6. The van der Waals surface area contributed by atoms with E-state index < -0.39 is 6.10 Å². The summed E-state index contributed by atoms with van der Waals surface area (Å²) in [4.78, 5) is 38.1. The number of allylic oxidation sites excluding steroid dienone is 22. The van der Waals surface area contributed by atoms with E-state index in [2.05, 4.69) is 142 Å². The molecule has 388 valence electrons. The Morgan fingerprint density at radius 3 is 0.986 bits per heavy atom. The van der Waals surface area contributed by atoms with Gasteiger partial charge < -0.3 is 14.2 Å². The van der Waals surface area contributed by atoms with Crippen LogP contribution in [0.3, 0.4) is 0 Å². The van der Waals surface area contributed by atoms with Crippen molar-refractivity contribution in [3.8, 4) is 0 Å². The topological polar surface area (TPSA) is 78.9 Å². The zero-order valence-corrected chi connectivity index (χ0v) is 44.3. The molecule has 6 heteroatoms. The molecule has 0 saturated carbocycles. The molecule has 1 unspecified atom stereocenters. The Morgan fingerprint density at radius 1 is 0.304 bits per heavy atom. The Balaban J connectivity index is 4.52. The summed E-state index contributed by atoms with van der Waals surface area (Å²) in [6.07, 6.45) is 78.8. The minimum atomic E-state index is -0.828. The SMILES string of the molecule is CC/C=C\C/C=C\C/C=C\C/C=C\C/C=C\CCCCCC(=O)OCC(COC(=O)CC/C=C\C/C=C\C/C=C\C/C=C\CC)OC(=O)CCCCCCCCCCC/C=C\C/C=C\CCCCC. The molecule has 0 aliphatic heterocycles. The molecule has 0 radical (unpaired) electrons. The van der Waals surface area contributed by atoms with Crippen molar-refractivity contribution < 1.29 is 28.6 Å². The normalized spacial score (nSPS) is 13.1. The Hall–Kier alpha value is -4.45. The zero-order chi connectivity index (χ0) is 50.0. The van der Waals surface area contributed by atoms with Crippen LogP contribution in [0.25, 0.3) is 0 Å². The first-order valence-corrected chi connectivity index (χ1v) is 27.7. The third-order valence-corrected chi connectivity index (χ3v) is 11.1. The predicted octanol–water partition coefficient (Wildman–Crippen LogP) is 18.6. The molecule has 0 spiro atoms. The van der Waals surface area contributed by atoms with Crippen molar-refractivity contribution in [1.29, 1.82) is 0 Å². The summed E-state index contributed by atoms with van der Waals surface area (Å²) in [7, 11) is 0. The number of ether oxygens (including phenoxy) is 3. The van der Waals surface area contributed by atoms with Crippen molar-refractivity contribution in [3.63, 3.8) is 0 Å². The molecular weight excluding hydrogens is 853 g/mol. The Bertz CT molecular complexity index is 1510. The van der Waals surface area contributed by atoms with Crippen LogP contribution in [0.15, 0.2) is 134 Å². The Kier molecular flexibility index (Phi) is 52.5. The minimum absolute atomic E-state index is 0.123. The maximum absolute atomic E-state index is 12.8. The van der Waals surface area contributed by atoms with Crippen molar-refractivity contribution in [2.75, 3.05) is 13.2 Å². The van der Waals surface area contributed by atoms with Gasteiger partial charge in [-0.05, 0) is 122 Å². The first-order chi connectivity index (χ1) is 34.0. The van der Waals surface area contributed by atoms with E-state index in [1.54, 1.807) is 0 Å². The number of esters is 3. The molecule has 1 atom stereocenters. The van der Waals surface area contributed by atoms with Crippen LogP contribution in [0, 0.1) is 0 Å². The maximum atomic E-state index is 12.8. The Labute approximate surface area is 424 Å². The standard InChI is InChI=1S/C63H100O6/c1-4-7-10-13-16-19-22-25-27-29-31-33-35-38-41-44-47-50-53-56-62(65)68-59-60(58-67-61(64)55-52-49-46-43-40-37-24-21-18-15-12-9-6-3)69-63(66)57-54-51-48-45-42-39-36-34-32-30-28-26-23-20-17-14-11-8-5-2/h7,9-10,12,16-21,25-28,31,33,37-38,40-41,46,49,60H,4-6,8,11,13-15,22-24,29-30,32,34-36,39,42-45,47-48,50-59H2,1-3H3/b10-7-,12-9-,19-16-,20-17-,21-18-,27-25-,28-26-,33-31-,40-37-,41-38-,49-46-. The van der Waals surface area contributed by atoms with E-state index in [1.165, 1.54) is 70.6 Å².